The summed E-state index contributed by atoms with van der Waals surface area (Å²) < 4.78 is 11.8. The Morgan fingerprint density at radius 2 is 2.26 bits per heavy atom. The van der Waals surface area contributed by atoms with Gasteiger partial charge in [-0.05, 0) is 35.0 Å². The smallest absolute Gasteiger partial charge is 0.174 e. The van der Waals surface area contributed by atoms with Crippen LogP contribution in [0.15, 0.2) is 39.5 Å². The number of aromatic nitrogens is 1. The lowest BCUT2D eigenvalue weighted by molar-refractivity contribution is 0.246. The summed E-state index contributed by atoms with van der Waals surface area (Å²) in [4.78, 5) is 0. The Morgan fingerprint density at radius 1 is 1.37 bits per heavy atom. The molecule has 0 radical (unpaired) electrons. The van der Waals surface area contributed by atoms with Crippen molar-refractivity contribution < 1.29 is 9.26 Å². The van der Waals surface area contributed by atoms with E-state index in [9.17, 15) is 0 Å². The fourth-order valence-electron chi connectivity index (χ4n) is 1.71. The van der Waals surface area contributed by atoms with E-state index in [-0.39, 0.29) is 0 Å². The third kappa shape index (κ3) is 4.08. The number of nitrogens with zero attached hydrogens (tertiary/aromatic N) is 1. The van der Waals surface area contributed by atoms with Crippen LogP contribution in [-0.4, -0.2) is 11.7 Å². The van der Waals surface area contributed by atoms with Gasteiger partial charge in [0.2, 0.25) is 0 Å². The van der Waals surface area contributed by atoms with Crippen molar-refractivity contribution in [1.29, 1.82) is 0 Å². The molecule has 0 fully saturated rings. The number of benzene rings is 1. The minimum atomic E-state index is 0.378. The maximum Gasteiger partial charge on any atom is 0.174 e. The van der Waals surface area contributed by atoms with Gasteiger partial charge >= 0.3 is 0 Å². The molecule has 2 aromatic rings. The second-order valence-electron chi connectivity index (χ2n) is 4.17. The van der Waals surface area contributed by atoms with Crippen LogP contribution in [-0.2, 0) is 13.2 Å². The van der Waals surface area contributed by atoms with E-state index in [2.05, 4.69) is 39.4 Å². The number of hydrogen-bond acceptors (Lipinski definition) is 4. The fraction of sp³-hybridized carbons (Fsp3) is 0.357. The molecule has 0 bridgehead atoms. The summed E-state index contributed by atoms with van der Waals surface area (Å²) in [5.74, 6) is 1.56. The van der Waals surface area contributed by atoms with E-state index in [0.29, 0.717) is 12.4 Å². The van der Waals surface area contributed by atoms with Crippen LogP contribution in [0.3, 0.4) is 0 Å². The molecule has 0 saturated carbocycles. The zero-order valence-corrected chi connectivity index (χ0v) is 12.4. The van der Waals surface area contributed by atoms with Crippen LogP contribution in [0.2, 0.25) is 0 Å². The van der Waals surface area contributed by atoms with Crippen molar-refractivity contribution >= 4 is 15.9 Å². The molecule has 2 rings (SSSR count). The molecular weight excluding hydrogens is 308 g/mol. The van der Waals surface area contributed by atoms with E-state index in [1.807, 2.05) is 12.1 Å². The Hall–Kier alpha value is -1.33. The Labute approximate surface area is 121 Å². The van der Waals surface area contributed by atoms with Gasteiger partial charge in [0.25, 0.3) is 0 Å². The minimum absolute atomic E-state index is 0.378. The van der Waals surface area contributed by atoms with Gasteiger partial charge in [-0.3, -0.25) is 0 Å². The molecule has 1 heterocycles. The predicted octanol–water partition coefficient (Wildman–Crippen LogP) is 3.52. The summed E-state index contributed by atoms with van der Waals surface area (Å²) >= 11 is 3.52. The SMILES string of the molecule is CCCNCc1cccc(Br)c1OCc1ccno1. The molecule has 5 heteroatoms. The molecule has 4 nitrogen and oxygen atoms in total. The van der Waals surface area contributed by atoms with Gasteiger partial charge in [0.1, 0.15) is 12.4 Å². The van der Waals surface area contributed by atoms with E-state index < -0.39 is 0 Å². The number of hydrogen-bond donors (Lipinski definition) is 1. The molecule has 19 heavy (non-hydrogen) atoms. The van der Waals surface area contributed by atoms with E-state index >= 15 is 0 Å². The van der Waals surface area contributed by atoms with Crippen molar-refractivity contribution in [3.63, 3.8) is 0 Å². The molecular formula is C14H17BrN2O2. The molecule has 1 aromatic carbocycles. The monoisotopic (exact) mass is 324 g/mol. The lowest BCUT2D eigenvalue weighted by Crippen LogP contribution is -2.14. The predicted molar refractivity (Wildman–Crippen MR) is 77.0 cm³/mol. The number of rotatable bonds is 7. The number of halogens is 1. The lowest BCUT2D eigenvalue weighted by atomic mass is 10.2. The Bertz CT molecular complexity index is 500. The van der Waals surface area contributed by atoms with E-state index in [0.717, 1.165) is 35.3 Å². The van der Waals surface area contributed by atoms with E-state index in [4.69, 9.17) is 9.26 Å². The van der Waals surface area contributed by atoms with Crippen LogP contribution in [0, 0.1) is 0 Å². The summed E-state index contributed by atoms with van der Waals surface area (Å²) in [6.45, 7) is 4.31. The van der Waals surface area contributed by atoms with Crippen molar-refractivity contribution in [3.05, 3.63) is 46.3 Å². The van der Waals surface area contributed by atoms with Crippen LogP contribution in [0.4, 0.5) is 0 Å². The highest BCUT2D eigenvalue weighted by Crippen LogP contribution is 2.29. The molecule has 0 spiro atoms. The fourth-order valence-corrected chi connectivity index (χ4v) is 2.24. The average molecular weight is 325 g/mol. The first-order valence-electron chi connectivity index (χ1n) is 6.31. The highest BCUT2D eigenvalue weighted by Gasteiger charge is 2.09. The van der Waals surface area contributed by atoms with Crippen molar-refractivity contribution in [1.82, 2.24) is 10.5 Å². The number of nitrogens with one attached hydrogen (secondary N) is 1. The molecule has 0 aliphatic carbocycles. The molecule has 0 amide bonds. The second-order valence-corrected chi connectivity index (χ2v) is 5.03. The molecule has 0 unspecified atom stereocenters. The number of para-hydroxylation sites is 1. The lowest BCUT2D eigenvalue weighted by Gasteiger charge is -2.12. The Balaban J connectivity index is 2.04. The second kappa shape index (κ2) is 7.31. The first-order valence-corrected chi connectivity index (χ1v) is 7.11. The van der Waals surface area contributed by atoms with Crippen LogP contribution in [0.5, 0.6) is 5.75 Å². The zero-order valence-electron chi connectivity index (χ0n) is 10.9. The molecule has 0 saturated heterocycles. The van der Waals surface area contributed by atoms with Gasteiger partial charge in [0.15, 0.2) is 5.76 Å². The molecule has 102 valence electrons. The van der Waals surface area contributed by atoms with Crippen LogP contribution in [0.25, 0.3) is 0 Å². The summed E-state index contributed by atoms with van der Waals surface area (Å²) in [7, 11) is 0. The molecule has 0 aliphatic rings. The maximum atomic E-state index is 5.82. The Kier molecular flexibility index (Phi) is 5.42. The normalized spacial score (nSPS) is 10.6. The standard InChI is InChI=1S/C14H17BrN2O2/c1-2-7-16-9-11-4-3-5-13(15)14(11)18-10-12-6-8-17-19-12/h3-6,8,16H,2,7,9-10H2,1H3. The average Bonchev–Trinajstić information content (AvgIpc) is 2.91. The Morgan fingerprint density at radius 3 is 3.00 bits per heavy atom. The maximum absolute atomic E-state index is 5.82. The topological polar surface area (TPSA) is 47.3 Å². The summed E-state index contributed by atoms with van der Waals surface area (Å²) in [6.07, 6.45) is 2.73. The summed E-state index contributed by atoms with van der Waals surface area (Å²) in [6, 6.07) is 7.84. The van der Waals surface area contributed by atoms with Gasteiger partial charge in [-0.15, -0.1) is 0 Å². The van der Waals surface area contributed by atoms with Crippen LogP contribution >= 0.6 is 15.9 Å². The highest BCUT2D eigenvalue weighted by atomic mass is 79.9. The van der Waals surface area contributed by atoms with Crippen molar-refractivity contribution in [2.45, 2.75) is 26.5 Å². The summed E-state index contributed by atoms with van der Waals surface area (Å²) in [5, 5.41) is 7.04. The van der Waals surface area contributed by atoms with Gasteiger partial charge in [-0.2, -0.15) is 0 Å². The zero-order chi connectivity index (χ0) is 13.5. The van der Waals surface area contributed by atoms with Crippen molar-refractivity contribution in [2.75, 3.05) is 6.54 Å². The van der Waals surface area contributed by atoms with E-state index in [1.165, 1.54) is 0 Å². The van der Waals surface area contributed by atoms with Crippen LogP contribution < -0.4 is 10.1 Å². The van der Waals surface area contributed by atoms with E-state index in [1.54, 1.807) is 12.3 Å². The first-order chi connectivity index (χ1) is 9.31. The third-order valence-corrected chi connectivity index (χ3v) is 3.27. The van der Waals surface area contributed by atoms with Gasteiger partial charge in [-0.1, -0.05) is 24.2 Å². The van der Waals surface area contributed by atoms with Crippen molar-refractivity contribution in [2.24, 2.45) is 0 Å². The minimum Gasteiger partial charge on any atom is -0.484 e. The molecule has 0 atom stereocenters. The van der Waals surface area contributed by atoms with Gasteiger partial charge in [-0.25, -0.2) is 0 Å². The quantitative estimate of drug-likeness (QED) is 0.792. The molecule has 0 aliphatic heterocycles. The number of ether oxygens (including phenoxy) is 1. The molecule has 1 N–H and O–H groups in total. The highest BCUT2D eigenvalue weighted by molar-refractivity contribution is 9.10. The van der Waals surface area contributed by atoms with Gasteiger partial charge in [0, 0.05) is 18.2 Å². The van der Waals surface area contributed by atoms with Crippen molar-refractivity contribution in [3.8, 4) is 5.75 Å². The van der Waals surface area contributed by atoms with Gasteiger partial charge in [0.05, 0.1) is 10.7 Å². The first kappa shape index (κ1) is 14.1. The largest absolute Gasteiger partial charge is 0.484 e. The van der Waals surface area contributed by atoms with Crippen LogP contribution in [0.1, 0.15) is 24.7 Å². The summed E-state index contributed by atoms with van der Waals surface area (Å²) in [5.41, 5.74) is 1.13. The third-order valence-electron chi connectivity index (χ3n) is 2.64. The van der Waals surface area contributed by atoms with Gasteiger partial charge < -0.3 is 14.6 Å². The molecule has 1 aromatic heterocycles.